The van der Waals surface area contributed by atoms with Gasteiger partial charge in [0.15, 0.2) is 17.1 Å². The SMILES string of the molecule is Cc1cc(C(=O)NCC(C)(C)c2ccc3c(c2)OCCO3)c2c(C)nn(C)c2n1. The lowest BCUT2D eigenvalue weighted by molar-refractivity contribution is 0.0947. The minimum atomic E-state index is -0.281. The second kappa shape index (κ2) is 7.06. The Hall–Kier alpha value is -3.09. The minimum absolute atomic E-state index is 0.123. The molecular weight excluding hydrogens is 368 g/mol. The molecule has 29 heavy (non-hydrogen) atoms. The summed E-state index contributed by atoms with van der Waals surface area (Å²) in [5.74, 6) is 1.40. The maximum atomic E-state index is 13.1. The average molecular weight is 394 g/mol. The van der Waals surface area contributed by atoms with E-state index in [2.05, 4.69) is 29.2 Å². The molecule has 0 saturated heterocycles. The Kier molecular flexibility index (Phi) is 4.68. The number of benzene rings is 1. The Morgan fingerprint density at radius 2 is 1.90 bits per heavy atom. The highest BCUT2D eigenvalue weighted by Gasteiger charge is 2.25. The van der Waals surface area contributed by atoms with Crippen molar-refractivity contribution >= 4 is 16.9 Å². The van der Waals surface area contributed by atoms with E-state index in [9.17, 15) is 4.79 Å². The van der Waals surface area contributed by atoms with Crippen LogP contribution in [-0.2, 0) is 12.5 Å². The fraction of sp³-hybridized carbons (Fsp3) is 0.409. The topological polar surface area (TPSA) is 78.3 Å². The number of carbonyl (C=O) groups excluding carboxylic acids is 1. The molecule has 2 aromatic heterocycles. The quantitative estimate of drug-likeness (QED) is 0.736. The molecule has 0 spiro atoms. The van der Waals surface area contributed by atoms with Crippen molar-refractivity contribution in [2.24, 2.45) is 7.05 Å². The predicted octanol–water partition coefficient (Wildman–Crippen LogP) is 3.06. The smallest absolute Gasteiger partial charge is 0.252 e. The number of hydrogen-bond donors (Lipinski definition) is 1. The number of hydrogen-bond acceptors (Lipinski definition) is 5. The van der Waals surface area contributed by atoms with Gasteiger partial charge in [-0.15, -0.1) is 0 Å². The molecule has 3 aromatic rings. The van der Waals surface area contributed by atoms with Crippen LogP contribution in [0.3, 0.4) is 0 Å². The Bertz CT molecular complexity index is 1100. The van der Waals surface area contributed by atoms with Crippen molar-refractivity contribution in [3.63, 3.8) is 0 Å². The normalized spacial score (nSPS) is 13.6. The van der Waals surface area contributed by atoms with E-state index < -0.39 is 0 Å². The molecule has 0 radical (unpaired) electrons. The van der Waals surface area contributed by atoms with E-state index >= 15 is 0 Å². The molecule has 0 unspecified atom stereocenters. The molecule has 1 aromatic carbocycles. The Morgan fingerprint density at radius 3 is 2.66 bits per heavy atom. The van der Waals surface area contributed by atoms with E-state index in [1.807, 2.05) is 45.2 Å². The first-order valence-corrected chi connectivity index (χ1v) is 9.75. The van der Waals surface area contributed by atoms with Crippen LogP contribution in [0, 0.1) is 13.8 Å². The summed E-state index contributed by atoms with van der Waals surface area (Å²) < 4.78 is 13.0. The van der Waals surface area contributed by atoms with Crippen molar-refractivity contribution in [2.75, 3.05) is 19.8 Å². The van der Waals surface area contributed by atoms with Crippen molar-refractivity contribution in [3.05, 3.63) is 46.8 Å². The van der Waals surface area contributed by atoms with Gasteiger partial charge in [-0.05, 0) is 37.6 Å². The lowest BCUT2D eigenvalue weighted by Crippen LogP contribution is -2.37. The van der Waals surface area contributed by atoms with Gasteiger partial charge in [0.1, 0.15) is 13.2 Å². The lowest BCUT2D eigenvalue weighted by Gasteiger charge is -2.28. The molecule has 7 nitrogen and oxygen atoms in total. The number of fused-ring (bicyclic) bond motifs is 2. The number of ether oxygens (including phenoxy) is 2. The first-order chi connectivity index (χ1) is 13.8. The molecule has 0 saturated carbocycles. The third kappa shape index (κ3) is 3.52. The van der Waals surface area contributed by atoms with Crippen molar-refractivity contribution in [1.82, 2.24) is 20.1 Å². The van der Waals surface area contributed by atoms with Crippen molar-refractivity contribution < 1.29 is 14.3 Å². The van der Waals surface area contributed by atoms with E-state index in [0.29, 0.717) is 25.3 Å². The lowest BCUT2D eigenvalue weighted by atomic mass is 9.84. The molecule has 3 heterocycles. The van der Waals surface area contributed by atoms with Crippen LogP contribution in [0.1, 0.15) is 41.2 Å². The first-order valence-electron chi connectivity index (χ1n) is 9.75. The third-order valence-electron chi connectivity index (χ3n) is 5.36. The highest BCUT2D eigenvalue weighted by Crippen LogP contribution is 2.35. The van der Waals surface area contributed by atoms with Gasteiger partial charge in [-0.3, -0.25) is 9.48 Å². The molecule has 152 valence electrons. The standard InChI is InChI=1S/C22H26N4O3/c1-13-10-16(19-14(2)25-26(5)20(19)24-13)21(27)23-12-22(3,4)15-6-7-17-18(11-15)29-9-8-28-17/h6-7,10-11H,8-9,12H2,1-5H3,(H,23,27). The van der Waals surface area contributed by atoms with Gasteiger partial charge in [0.2, 0.25) is 0 Å². The molecule has 1 N–H and O–H groups in total. The van der Waals surface area contributed by atoms with Gasteiger partial charge < -0.3 is 14.8 Å². The number of aromatic nitrogens is 3. The van der Waals surface area contributed by atoms with E-state index in [1.54, 1.807) is 4.68 Å². The van der Waals surface area contributed by atoms with Crippen LogP contribution in [0.25, 0.3) is 11.0 Å². The number of nitrogens with zero attached hydrogens (tertiary/aromatic N) is 3. The van der Waals surface area contributed by atoms with Crippen LogP contribution >= 0.6 is 0 Å². The van der Waals surface area contributed by atoms with Gasteiger partial charge >= 0.3 is 0 Å². The highest BCUT2D eigenvalue weighted by atomic mass is 16.6. The number of nitrogens with one attached hydrogen (secondary N) is 1. The number of carbonyl (C=O) groups is 1. The van der Waals surface area contributed by atoms with Crippen LogP contribution < -0.4 is 14.8 Å². The van der Waals surface area contributed by atoms with E-state index in [1.165, 1.54) is 0 Å². The second-order valence-corrected chi connectivity index (χ2v) is 8.14. The molecule has 1 aliphatic rings. The van der Waals surface area contributed by atoms with E-state index in [-0.39, 0.29) is 11.3 Å². The molecule has 0 fully saturated rings. The molecule has 0 atom stereocenters. The minimum Gasteiger partial charge on any atom is -0.486 e. The van der Waals surface area contributed by atoms with Gasteiger partial charge in [-0.1, -0.05) is 19.9 Å². The zero-order chi connectivity index (χ0) is 20.8. The van der Waals surface area contributed by atoms with Crippen molar-refractivity contribution in [3.8, 4) is 11.5 Å². The average Bonchev–Trinajstić information content (AvgIpc) is 2.98. The zero-order valence-electron chi connectivity index (χ0n) is 17.5. The van der Waals surface area contributed by atoms with Crippen LogP contribution in [0.4, 0.5) is 0 Å². The largest absolute Gasteiger partial charge is 0.486 e. The summed E-state index contributed by atoms with van der Waals surface area (Å²) in [6, 6.07) is 7.78. The van der Waals surface area contributed by atoms with E-state index in [4.69, 9.17) is 9.47 Å². The summed E-state index contributed by atoms with van der Waals surface area (Å²) in [4.78, 5) is 17.6. The van der Waals surface area contributed by atoms with E-state index in [0.717, 1.165) is 39.5 Å². The molecular formula is C22H26N4O3. The van der Waals surface area contributed by atoms with Gasteiger partial charge in [0, 0.05) is 24.7 Å². The summed E-state index contributed by atoms with van der Waals surface area (Å²) in [5, 5.41) is 8.32. The van der Waals surface area contributed by atoms with Gasteiger partial charge in [0.05, 0.1) is 16.6 Å². The molecule has 1 amide bonds. The summed E-state index contributed by atoms with van der Waals surface area (Å²) in [7, 11) is 1.84. The van der Waals surface area contributed by atoms with Crippen LogP contribution in [0.2, 0.25) is 0 Å². The maximum Gasteiger partial charge on any atom is 0.252 e. The summed E-state index contributed by atoms with van der Waals surface area (Å²) in [6.45, 7) is 9.58. The zero-order valence-corrected chi connectivity index (χ0v) is 17.5. The predicted molar refractivity (Wildman–Crippen MR) is 111 cm³/mol. The highest BCUT2D eigenvalue weighted by molar-refractivity contribution is 6.06. The first kappa shape index (κ1) is 19.2. The number of rotatable bonds is 4. The Morgan fingerprint density at radius 1 is 1.17 bits per heavy atom. The number of amides is 1. The van der Waals surface area contributed by atoms with Gasteiger partial charge in [-0.25, -0.2) is 4.98 Å². The monoisotopic (exact) mass is 394 g/mol. The Balaban J connectivity index is 1.57. The van der Waals surface area contributed by atoms with Crippen molar-refractivity contribution in [2.45, 2.75) is 33.1 Å². The van der Waals surface area contributed by atoms with Gasteiger partial charge in [0.25, 0.3) is 5.91 Å². The van der Waals surface area contributed by atoms with Crippen LogP contribution in [-0.4, -0.2) is 40.4 Å². The summed E-state index contributed by atoms with van der Waals surface area (Å²) in [6.07, 6.45) is 0. The molecule has 0 bridgehead atoms. The van der Waals surface area contributed by atoms with Crippen molar-refractivity contribution in [1.29, 1.82) is 0 Å². The molecule has 1 aliphatic heterocycles. The molecule has 7 heteroatoms. The Labute approximate surface area is 170 Å². The maximum absolute atomic E-state index is 13.1. The fourth-order valence-electron chi connectivity index (χ4n) is 3.71. The summed E-state index contributed by atoms with van der Waals surface area (Å²) in [5.41, 5.74) is 3.71. The number of pyridine rings is 1. The number of aryl methyl sites for hydroxylation is 3. The molecule has 0 aliphatic carbocycles. The van der Waals surface area contributed by atoms with Crippen LogP contribution in [0.5, 0.6) is 11.5 Å². The third-order valence-corrected chi connectivity index (χ3v) is 5.36. The molecule has 4 rings (SSSR count). The summed E-state index contributed by atoms with van der Waals surface area (Å²) >= 11 is 0. The van der Waals surface area contributed by atoms with Crippen LogP contribution in [0.15, 0.2) is 24.3 Å². The fourth-order valence-corrected chi connectivity index (χ4v) is 3.71. The second-order valence-electron chi connectivity index (χ2n) is 8.14. The van der Waals surface area contributed by atoms with Gasteiger partial charge in [-0.2, -0.15) is 5.10 Å².